The predicted molar refractivity (Wildman–Crippen MR) is 64.2 cm³/mol. The van der Waals surface area contributed by atoms with Crippen molar-refractivity contribution in [2.24, 2.45) is 0 Å². The third-order valence-electron chi connectivity index (χ3n) is 2.82. The first-order valence-electron chi connectivity index (χ1n) is 5.80. The van der Waals surface area contributed by atoms with E-state index in [2.05, 4.69) is 38.1 Å². The zero-order valence-electron chi connectivity index (χ0n) is 9.70. The number of hydrogen-bond donors (Lipinski definition) is 0. The number of aldehydes is 1. The van der Waals surface area contributed by atoms with Gasteiger partial charge in [-0.25, -0.2) is 0 Å². The molecule has 0 radical (unpaired) electrons. The molecule has 82 valence electrons. The largest absolute Gasteiger partial charge is 0.303 e. The summed E-state index contributed by atoms with van der Waals surface area (Å²) in [5, 5.41) is 0. The number of rotatable bonds is 6. The monoisotopic (exact) mass is 204 g/mol. The average molecular weight is 204 g/mol. The molecule has 15 heavy (non-hydrogen) atoms. The number of unbranched alkanes of at least 4 members (excludes halogenated alkanes) is 1. The summed E-state index contributed by atoms with van der Waals surface area (Å²) in [6.45, 7) is 4.30. The molecule has 1 atom stereocenters. The number of benzene rings is 1. The van der Waals surface area contributed by atoms with Crippen LogP contribution < -0.4 is 0 Å². The highest BCUT2D eigenvalue weighted by molar-refractivity contribution is 5.51. The quantitative estimate of drug-likeness (QED) is 0.645. The smallest absolute Gasteiger partial charge is 0.120 e. The van der Waals surface area contributed by atoms with Crippen LogP contribution in [0, 0.1) is 0 Å². The summed E-state index contributed by atoms with van der Waals surface area (Å²) in [5.74, 6) is 0.350. The lowest BCUT2D eigenvalue weighted by atomic mass is 9.96. The fourth-order valence-electron chi connectivity index (χ4n) is 1.67. The zero-order valence-corrected chi connectivity index (χ0v) is 9.70. The fourth-order valence-corrected chi connectivity index (χ4v) is 1.67. The van der Waals surface area contributed by atoms with Gasteiger partial charge in [-0.2, -0.15) is 0 Å². The Morgan fingerprint density at radius 2 is 1.93 bits per heavy atom. The van der Waals surface area contributed by atoms with Gasteiger partial charge in [0.05, 0.1) is 0 Å². The van der Waals surface area contributed by atoms with Gasteiger partial charge < -0.3 is 4.79 Å². The molecule has 0 bridgehead atoms. The molecule has 1 heteroatoms. The molecule has 0 aliphatic heterocycles. The second-order valence-corrected chi connectivity index (χ2v) is 4.15. The second kappa shape index (κ2) is 6.39. The lowest BCUT2D eigenvalue weighted by molar-refractivity contribution is -0.108. The van der Waals surface area contributed by atoms with Crippen LogP contribution in [0.1, 0.15) is 50.2 Å². The molecule has 0 heterocycles. The van der Waals surface area contributed by atoms with Crippen LogP contribution in [0.5, 0.6) is 0 Å². The van der Waals surface area contributed by atoms with E-state index in [1.165, 1.54) is 30.4 Å². The average Bonchev–Trinajstić information content (AvgIpc) is 2.27. The summed E-state index contributed by atoms with van der Waals surface area (Å²) < 4.78 is 0. The molecule has 0 amide bonds. The molecule has 0 aromatic heterocycles. The molecule has 1 aromatic rings. The summed E-state index contributed by atoms with van der Waals surface area (Å²) in [5.41, 5.74) is 2.67. The minimum Gasteiger partial charge on any atom is -0.303 e. The summed E-state index contributed by atoms with van der Waals surface area (Å²) in [6.07, 6.45) is 5.27. The highest BCUT2D eigenvalue weighted by Gasteiger charge is 2.03. The van der Waals surface area contributed by atoms with Crippen molar-refractivity contribution in [2.75, 3.05) is 0 Å². The van der Waals surface area contributed by atoms with Crippen LogP contribution in [0.2, 0.25) is 0 Å². The molecule has 0 fully saturated rings. The van der Waals surface area contributed by atoms with Gasteiger partial charge in [0.25, 0.3) is 0 Å². The van der Waals surface area contributed by atoms with Crippen LogP contribution >= 0.6 is 0 Å². The first-order chi connectivity index (χ1) is 7.27. The van der Waals surface area contributed by atoms with Crippen LogP contribution in [0.3, 0.4) is 0 Å². The maximum atomic E-state index is 10.4. The third-order valence-corrected chi connectivity index (χ3v) is 2.82. The van der Waals surface area contributed by atoms with Crippen molar-refractivity contribution in [3.05, 3.63) is 35.4 Å². The Morgan fingerprint density at radius 3 is 2.47 bits per heavy atom. The topological polar surface area (TPSA) is 17.1 Å². The maximum absolute atomic E-state index is 10.4. The van der Waals surface area contributed by atoms with Crippen molar-refractivity contribution in [3.63, 3.8) is 0 Å². The normalized spacial score (nSPS) is 12.4. The van der Waals surface area contributed by atoms with E-state index in [0.717, 1.165) is 6.29 Å². The van der Waals surface area contributed by atoms with Gasteiger partial charge in [-0.15, -0.1) is 0 Å². The van der Waals surface area contributed by atoms with Crippen molar-refractivity contribution < 1.29 is 4.79 Å². The Labute approximate surface area is 92.5 Å². The van der Waals surface area contributed by atoms with Crippen LogP contribution in [0.4, 0.5) is 0 Å². The SMILES string of the molecule is CCCCc1ccc(C(C)CC=O)cc1. The van der Waals surface area contributed by atoms with Crippen molar-refractivity contribution >= 4 is 6.29 Å². The molecule has 0 saturated heterocycles. The number of carbonyl (C=O) groups excluding carboxylic acids is 1. The molecule has 1 aromatic carbocycles. The maximum Gasteiger partial charge on any atom is 0.120 e. The summed E-state index contributed by atoms with van der Waals surface area (Å²) in [4.78, 5) is 10.4. The summed E-state index contributed by atoms with van der Waals surface area (Å²) in [7, 11) is 0. The molecule has 0 N–H and O–H groups in total. The van der Waals surface area contributed by atoms with E-state index in [0.29, 0.717) is 12.3 Å². The minimum atomic E-state index is 0.350. The Balaban J connectivity index is 2.59. The van der Waals surface area contributed by atoms with Crippen LogP contribution in [-0.2, 0) is 11.2 Å². The summed E-state index contributed by atoms with van der Waals surface area (Å²) in [6, 6.07) is 8.68. The van der Waals surface area contributed by atoms with E-state index in [-0.39, 0.29) is 0 Å². The molecule has 0 spiro atoms. The zero-order chi connectivity index (χ0) is 11.1. The fraction of sp³-hybridized carbons (Fsp3) is 0.500. The predicted octanol–water partition coefficient (Wildman–Crippen LogP) is 3.72. The van der Waals surface area contributed by atoms with E-state index in [9.17, 15) is 4.79 Å². The molecule has 1 nitrogen and oxygen atoms in total. The van der Waals surface area contributed by atoms with Crippen molar-refractivity contribution in [1.82, 2.24) is 0 Å². The highest BCUT2D eigenvalue weighted by atomic mass is 16.1. The molecule has 1 unspecified atom stereocenters. The van der Waals surface area contributed by atoms with E-state index in [1.807, 2.05) is 0 Å². The van der Waals surface area contributed by atoms with E-state index in [1.54, 1.807) is 0 Å². The Kier molecular flexibility index (Phi) is 5.09. The molecule has 1 rings (SSSR count). The van der Waals surface area contributed by atoms with E-state index in [4.69, 9.17) is 0 Å². The van der Waals surface area contributed by atoms with Gasteiger partial charge in [0, 0.05) is 6.42 Å². The van der Waals surface area contributed by atoms with Gasteiger partial charge in [0.1, 0.15) is 6.29 Å². The first-order valence-corrected chi connectivity index (χ1v) is 5.80. The molecular weight excluding hydrogens is 184 g/mol. The minimum absolute atomic E-state index is 0.350. The number of aryl methyl sites for hydroxylation is 1. The van der Waals surface area contributed by atoms with Gasteiger partial charge in [-0.3, -0.25) is 0 Å². The van der Waals surface area contributed by atoms with Gasteiger partial charge in [0.2, 0.25) is 0 Å². The summed E-state index contributed by atoms with van der Waals surface area (Å²) >= 11 is 0. The van der Waals surface area contributed by atoms with E-state index >= 15 is 0 Å². The van der Waals surface area contributed by atoms with Crippen molar-refractivity contribution in [3.8, 4) is 0 Å². The van der Waals surface area contributed by atoms with Crippen LogP contribution in [0.15, 0.2) is 24.3 Å². The molecular formula is C14H20O. The lowest BCUT2D eigenvalue weighted by Gasteiger charge is -2.08. The van der Waals surface area contributed by atoms with E-state index < -0.39 is 0 Å². The molecule has 0 aliphatic carbocycles. The first kappa shape index (κ1) is 12.0. The van der Waals surface area contributed by atoms with Crippen LogP contribution in [0.25, 0.3) is 0 Å². The van der Waals surface area contributed by atoms with Gasteiger partial charge in [-0.1, -0.05) is 44.5 Å². The number of hydrogen-bond acceptors (Lipinski definition) is 1. The van der Waals surface area contributed by atoms with Gasteiger partial charge >= 0.3 is 0 Å². The number of carbonyl (C=O) groups is 1. The van der Waals surface area contributed by atoms with Crippen molar-refractivity contribution in [1.29, 1.82) is 0 Å². The Bertz CT molecular complexity index is 287. The Hall–Kier alpha value is -1.11. The molecule has 0 saturated carbocycles. The standard InChI is InChI=1S/C14H20O/c1-3-4-5-13-6-8-14(9-7-13)12(2)10-11-15/h6-9,11-12H,3-5,10H2,1-2H3. The van der Waals surface area contributed by atoms with Crippen LogP contribution in [-0.4, -0.2) is 6.29 Å². The molecule has 0 aliphatic rings. The second-order valence-electron chi connectivity index (χ2n) is 4.15. The van der Waals surface area contributed by atoms with Gasteiger partial charge in [0.15, 0.2) is 0 Å². The lowest BCUT2D eigenvalue weighted by Crippen LogP contribution is -1.94. The van der Waals surface area contributed by atoms with Gasteiger partial charge in [-0.05, 0) is 29.9 Å². The van der Waals surface area contributed by atoms with Crippen molar-refractivity contribution in [2.45, 2.75) is 45.4 Å². The third kappa shape index (κ3) is 3.86. The highest BCUT2D eigenvalue weighted by Crippen LogP contribution is 2.18. The Morgan fingerprint density at radius 1 is 1.27 bits per heavy atom.